The van der Waals surface area contributed by atoms with Crippen LogP contribution in [0.2, 0.25) is 0 Å². The zero-order valence-electron chi connectivity index (χ0n) is 12.9. The van der Waals surface area contributed by atoms with Crippen molar-refractivity contribution in [1.29, 1.82) is 0 Å². The summed E-state index contributed by atoms with van der Waals surface area (Å²) >= 11 is 0. The molecule has 2 aromatic heterocycles. The number of hydrogen-bond acceptors (Lipinski definition) is 5. The number of amides is 1. The summed E-state index contributed by atoms with van der Waals surface area (Å²) in [6.07, 6.45) is 4.42. The second-order valence-corrected chi connectivity index (χ2v) is 5.70. The molecule has 2 aromatic rings. The van der Waals surface area contributed by atoms with Crippen molar-refractivity contribution in [3.05, 3.63) is 36.8 Å². The lowest BCUT2D eigenvalue weighted by Crippen LogP contribution is -2.42. The number of rotatable bonds is 5. The Labute approximate surface area is 133 Å². The average Bonchev–Trinajstić information content (AvgIpc) is 3.18. The molecule has 1 saturated heterocycles. The highest BCUT2D eigenvalue weighted by Crippen LogP contribution is 2.25. The minimum atomic E-state index is -0.920. The van der Waals surface area contributed by atoms with Crippen LogP contribution < -0.4 is 4.90 Å². The van der Waals surface area contributed by atoms with E-state index in [2.05, 4.69) is 15.3 Å². The fourth-order valence-electron chi connectivity index (χ4n) is 2.83. The molecule has 0 N–H and O–H groups in total. The maximum atomic E-state index is 13.9. The van der Waals surface area contributed by atoms with E-state index in [4.69, 9.17) is 0 Å². The van der Waals surface area contributed by atoms with E-state index in [-0.39, 0.29) is 25.0 Å². The van der Waals surface area contributed by atoms with Gasteiger partial charge in [0.1, 0.15) is 12.7 Å². The summed E-state index contributed by atoms with van der Waals surface area (Å²) in [6, 6.07) is 5.25. The van der Waals surface area contributed by atoms with Gasteiger partial charge in [-0.1, -0.05) is 0 Å². The number of hydrogen-bond donors (Lipinski definition) is 0. The first kappa shape index (κ1) is 15.4. The fraction of sp³-hybridized carbons (Fsp3) is 0.467. The second-order valence-electron chi connectivity index (χ2n) is 5.70. The van der Waals surface area contributed by atoms with E-state index < -0.39 is 6.17 Å². The normalized spacial score (nSPS) is 20.7. The monoisotopic (exact) mass is 318 g/mol. The summed E-state index contributed by atoms with van der Waals surface area (Å²) < 4.78 is 15.4. The van der Waals surface area contributed by atoms with Crippen LogP contribution in [-0.4, -0.2) is 63.1 Å². The third kappa shape index (κ3) is 3.64. The summed E-state index contributed by atoms with van der Waals surface area (Å²) in [5.74, 6) is 0.584. The Hall–Kier alpha value is -2.51. The number of nitrogens with zero attached hydrogens (tertiary/aromatic N) is 6. The summed E-state index contributed by atoms with van der Waals surface area (Å²) in [4.78, 5) is 15.8. The predicted molar refractivity (Wildman–Crippen MR) is 82.5 cm³/mol. The predicted octanol–water partition coefficient (Wildman–Crippen LogP) is 0.748. The number of halogens is 1. The van der Waals surface area contributed by atoms with Crippen molar-refractivity contribution in [3.63, 3.8) is 0 Å². The molecule has 3 heterocycles. The lowest BCUT2D eigenvalue weighted by atomic mass is 10.2. The van der Waals surface area contributed by atoms with Crippen LogP contribution in [-0.2, 0) is 11.3 Å². The lowest BCUT2D eigenvalue weighted by molar-refractivity contribution is -0.130. The fourth-order valence-corrected chi connectivity index (χ4v) is 2.83. The van der Waals surface area contributed by atoms with Crippen molar-refractivity contribution in [3.8, 4) is 0 Å². The topological polar surface area (TPSA) is 67.2 Å². The van der Waals surface area contributed by atoms with Crippen molar-refractivity contribution in [2.75, 3.05) is 25.0 Å². The van der Waals surface area contributed by atoms with Crippen molar-refractivity contribution >= 4 is 11.7 Å². The van der Waals surface area contributed by atoms with Crippen LogP contribution in [0.1, 0.15) is 6.42 Å². The van der Waals surface area contributed by atoms with Gasteiger partial charge in [0.25, 0.3) is 0 Å². The van der Waals surface area contributed by atoms with Gasteiger partial charge in [0.2, 0.25) is 5.91 Å². The molecule has 8 heteroatoms. The molecule has 122 valence electrons. The molecule has 2 atom stereocenters. The molecule has 1 aliphatic rings. The Morgan fingerprint density at radius 1 is 1.43 bits per heavy atom. The maximum absolute atomic E-state index is 13.9. The van der Waals surface area contributed by atoms with Crippen LogP contribution in [0.4, 0.5) is 10.2 Å². The Kier molecular flexibility index (Phi) is 4.50. The Balaban J connectivity index is 1.64. The molecule has 1 amide bonds. The number of anilines is 1. The first-order chi connectivity index (χ1) is 11.1. The van der Waals surface area contributed by atoms with Crippen molar-refractivity contribution < 1.29 is 9.18 Å². The molecule has 0 aromatic carbocycles. The van der Waals surface area contributed by atoms with Gasteiger partial charge in [-0.3, -0.25) is 9.48 Å². The highest BCUT2D eigenvalue weighted by molar-refractivity contribution is 5.75. The molecule has 0 unspecified atom stereocenters. The van der Waals surface area contributed by atoms with Gasteiger partial charge >= 0.3 is 0 Å². The van der Waals surface area contributed by atoms with E-state index in [1.807, 2.05) is 11.0 Å². The Bertz CT molecular complexity index is 635. The van der Waals surface area contributed by atoms with E-state index in [9.17, 15) is 9.18 Å². The number of carbonyl (C=O) groups excluding carboxylic acids is 1. The quantitative estimate of drug-likeness (QED) is 0.814. The van der Waals surface area contributed by atoms with Crippen LogP contribution in [0.3, 0.4) is 0 Å². The molecule has 23 heavy (non-hydrogen) atoms. The molecule has 1 fully saturated rings. The van der Waals surface area contributed by atoms with E-state index >= 15 is 0 Å². The molecule has 7 nitrogen and oxygen atoms in total. The molecule has 0 spiro atoms. The van der Waals surface area contributed by atoms with Crippen LogP contribution in [0.5, 0.6) is 0 Å². The van der Waals surface area contributed by atoms with Gasteiger partial charge in [-0.25, -0.2) is 4.39 Å². The van der Waals surface area contributed by atoms with Gasteiger partial charge in [0, 0.05) is 38.6 Å². The number of likely N-dealkylation sites (N-methyl/N-ethyl adjacent to an activating group) is 1. The molecule has 3 rings (SSSR count). The SMILES string of the molecule is CN(C[C@@H]1C[C@H](F)CN1c1cccnn1)C(=O)Cn1cccn1. The van der Waals surface area contributed by atoms with E-state index in [1.165, 1.54) is 0 Å². The second kappa shape index (κ2) is 6.72. The summed E-state index contributed by atoms with van der Waals surface area (Å²) in [6.45, 7) is 0.905. The first-order valence-electron chi connectivity index (χ1n) is 7.53. The first-order valence-corrected chi connectivity index (χ1v) is 7.53. The van der Waals surface area contributed by atoms with Crippen molar-refractivity contribution in [1.82, 2.24) is 24.9 Å². The highest BCUT2D eigenvalue weighted by atomic mass is 19.1. The summed E-state index contributed by atoms with van der Waals surface area (Å²) in [5, 5.41) is 11.9. The molecule has 0 saturated carbocycles. The zero-order chi connectivity index (χ0) is 16.2. The van der Waals surface area contributed by atoms with E-state index in [1.54, 1.807) is 47.4 Å². The zero-order valence-corrected chi connectivity index (χ0v) is 12.9. The maximum Gasteiger partial charge on any atom is 0.244 e. The molecule has 0 aliphatic carbocycles. The molecule has 1 aliphatic heterocycles. The van der Waals surface area contributed by atoms with Gasteiger partial charge in [-0.15, -0.1) is 5.10 Å². The number of aromatic nitrogens is 4. The smallest absolute Gasteiger partial charge is 0.244 e. The highest BCUT2D eigenvalue weighted by Gasteiger charge is 2.34. The average molecular weight is 318 g/mol. The van der Waals surface area contributed by atoms with Crippen LogP contribution >= 0.6 is 0 Å². The number of alkyl halides is 1. The summed E-state index contributed by atoms with van der Waals surface area (Å²) in [5.41, 5.74) is 0. The lowest BCUT2D eigenvalue weighted by Gasteiger charge is -2.28. The van der Waals surface area contributed by atoms with E-state index in [0.29, 0.717) is 18.8 Å². The summed E-state index contributed by atoms with van der Waals surface area (Å²) in [7, 11) is 1.73. The minimum absolute atomic E-state index is 0.0601. The largest absolute Gasteiger partial charge is 0.347 e. The Morgan fingerprint density at radius 3 is 3.00 bits per heavy atom. The van der Waals surface area contributed by atoms with Crippen LogP contribution in [0.15, 0.2) is 36.8 Å². The molecule has 0 radical (unpaired) electrons. The van der Waals surface area contributed by atoms with E-state index in [0.717, 1.165) is 0 Å². The van der Waals surface area contributed by atoms with Crippen molar-refractivity contribution in [2.24, 2.45) is 0 Å². The van der Waals surface area contributed by atoms with Gasteiger partial charge in [0.15, 0.2) is 5.82 Å². The Morgan fingerprint density at radius 2 is 2.30 bits per heavy atom. The minimum Gasteiger partial charge on any atom is -0.347 e. The van der Waals surface area contributed by atoms with Gasteiger partial charge in [0.05, 0.1) is 12.6 Å². The van der Waals surface area contributed by atoms with Crippen LogP contribution in [0.25, 0.3) is 0 Å². The molecular formula is C15H19FN6O. The standard InChI is InChI=1S/C15H19FN6O/c1-20(15(23)11-21-7-3-6-18-21)10-13-8-12(16)9-22(13)14-4-2-5-17-19-14/h2-7,12-13H,8-11H2,1H3/t12-,13-/m0/s1. The molecular weight excluding hydrogens is 299 g/mol. The third-order valence-electron chi connectivity index (χ3n) is 3.98. The van der Waals surface area contributed by atoms with Crippen molar-refractivity contribution in [2.45, 2.75) is 25.2 Å². The third-order valence-corrected chi connectivity index (χ3v) is 3.98. The number of carbonyl (C=O) groups is 1. The van der Waals surface area contributed by atoms with Gasteiger partial charge in [-0.2, -0.15) is 10.2 Å². The van der Waals surface area contributed by atoms with Crippen LogP contribution in [0, 0.1) is 0 Å². The molecule has 0 bridgehead atoms. The van der Waals surface area contributed by atoms with Gasteiger partial charge in [-0.05, 0) is 18.2 Å². The van der Waals surface area contributed by atoms with Gasteiger partial charge < -0.3 is 9.80 Å².